The number of anilines is 2. The monoisotopic (exact) mass is 335 g/mol. The van der Waals surface area contributed by atoms with Crippen molar-refractivity contribution in [1.29, 1.82) is 0 Å². The molecule has 0 saturated carbocycles. The summed E-state index contributed by atoms with van der Waals surface area (Å²) in [6.07, 6.45) is 6.59. The SMILES string of the molecule is COc1cccn2c(=O)c(CO)c(Nc3cccc4c3CC=C4)nc12. The first-order valence-corrected chi connectivity index (χ1v) is 7.97. The van der Waals surface area contributed by atoms with E-state index >= 15 is 0 Å². The molecule has 0 saturated heterocycles. The largest absolute Gasteiger partial charge is 0.493 e. The molecule has 0 radical (unpaired) electrons. The predicted octanol–water partition coefficient (Wildman–Crippen LogP) is 2.51. The van der Waals surface area contributed by atoms with Crippen molar-refractivity contribution in [3.05, 3.63) is 69.6 Å². The lowest BCUT2D eigenvalue weighted by molar-refractivity contribution is 0.280. The summed E-state index contributed by atoms with van der Waals surface area (Å²) in [6.45, 7) is -0.401. The Labute approximate surface area is 144 Å². The van der Waals surface area contributed by atoms with Crippen LogP contribution >= 0.6 is 0 Å². The maximum Gasteiger partial charge on any atom is 0.265 e. The average molecular weight is 335 g/mol. The fraction of sp³-hybridized carbons (Fsp3) is 0.158. The van der Waals surface area contributed by atoms with Crippen molar-refractivity contribution in [3.8, 4) is 5.75 Å². The van der Waals surface area contributed by atoms with E-state index in [-0.39, 0.29) is 11.1 Å². The second-order valence-electron chi connectivity index (χ2n) is 5.78. The molecule has 1 aliphatic rings. The minimum absolute atomic E-state index is 0.217. The van der Waals surface area contributed by atoms with Crippen LogP contribution in [-0.2, 0) is 13.0 Å². The van der Waals surface area contributed by atoms with Crippen molar-refractivity contribution in [2.45, 2.75) is 13.0 Å². The Kier molecular flexibility index (Phi) is 3.74. The molecule has 1 aromatic carbocycles. The van der Waals surface area contributed by atoms with E-state index in [0.717, 1.165) is 23.2 Å². The maximum absolute atomic E-state index is 12.7. The predicted molar refractivity (Wildman–Crippen MR) is 96.4 cm³/mol. The lowest BCUT2D eigenvalue weighted by Crippen LogP contribution is -2.22. The van der Waals surface area contributed by atoms with Gasteiger partial charge in [0.2, 0.25) is 0 Å². The summed E-state index contributed by atoms with van der Waals surface area (Å²) >= 11 is 0. The molecule has 3 aromatic rings. The first-order valence-electron chi connectivity index (χ1n) is 7.97. The number of aliphatic hydroxyl groups is 1. The van der Waals surface area contributed by atoms with Gasteiger partial charge in [-0.1, -0.05) is 24.3 Å². The third-order valence-electron chi connectivity index (χ3n) is 4.37. The number of aliphatic hydroxyl groups excluding tert-OH is 1. The van der Waals surface area contributed by atoms with Crippen molar-refractivity contribution < 1.29 is 9.84 Å². The summed E-state index contributed by atoms with van der Waals surface area (Å²) < 4.78 is 6.69. The zero-order valence-corrected chi connectivity index (χ0v) is 13.7. The van der Waals surface area contributed by atoms with E-state index in [9.17, 15) is 9.90 Å². The molecule has 0 atom stereocenters. The van der Waals surface area contributed by atoms with Crippen molar-refractivity contribution in [3.63, 3.8) is 0 Å². The number of benzene rings is 1. The van der Waals surface area contributed by atoms with Crippen LogP contribution in [0, 0.1) is 0 Å². The molecule has 0 unspecified atom stereocenters. The number of aromatic nitrogens is 2. The lowest BCUT2D eigenvalue weighted by atomic mass is 10.1. The van der Waals surface area contributed by atoms with Gasteiger partial charge in [0.05, 0.1) is 19.3 Å². The second kappa shape index (κ2) is 6.07. The van der Waals surface area contributed by atoms with Crippen molar-refractivity contribution in [2.75, 3.05) is 12.4 Å². The normalized spacial score (nSPS) is 12.4. The summed E-state index contributed by atoms with van der Waals surface area (Å²) in [5.41, 5.74) is 3.47. The van der Waals surface area contributed by atoms with Gasteiger partial charge in [-0.25, -0.2) is 4.98 Å². The minimum atomic E-state index is -0.401. The standard InChI is InChI=1S/C19H17N3O3/c1-25-16-9-4-10-22-18(16)21-17(14(11-23)19(22)24)20-15-8-3-6-12-5-2-7-13(12)15/h2-6,8-10,20,23H,7,11H2,1H3. The van der Waals surface area contributed by atoms with E-state index in [1.165, 1.54) is 11.5 Å². The number of nitrogens with zero attached hydrogens (tertiary/aromatic N) is 2. The molecule has 2 heterocycles. The molecule has 2 aromatic heterocycles. The highest BCUT2D eigenvalue weighted by Crippen LogP contribution is 2.30. The first-order chi connectivity index (χ1) is 12.2. The van der Waals surface area contributed by atoms with E-state index in [4.69, 9.17) is 4.74 Å². The van der Waals surface area contributed by atoms with Gasteiger partial charge in [0.25, 0.3) is 5.56 Å². The van der Waals surface area contributed by atoms with Gasteiger partial charge < -0.3 is 15.2 Å². The Morgan fingerprint density at radius 3 is 3.00 bits per heavy atom. The molecule has 1 aliphatic carbocycles. The molecule has 0 fully saturated rings. The lowest BCUT2D eigenvalue weighted by Gasteiger charge is -2.15. The number of ether oxygens (including phenoxy) is 1. The van der Waals surface area contributed by atoms with E-state index in [0.29, 0.717) is 17.2 Å². The summed E-state index contributed by atoms with van der Waals surface area (Å²) in [7, 11) is 1.53. The molecule has 126 valence electrons. The molecule has 0 spiro atoms. The van der Waals surface area contributed by atoms with E-state index < -0.39 is 6.61 Å². The van der Waals surface area contributed by atoms with Gasteiger partial charge >= 0.3 is 0 Å². The Balaban J connectivity index is 1.90. The van der Waals surface area contributed by atoms with E-state index in [1.54, 1.807) is 18.3 Å². The van der Waals surface area contributed by atoms with Crippen LogP contribution in [0.4, 0.5) is 11.5 Å². The number of hydrogen-bond donors (Lipinski definition) is 2. The van der Waals surface area contributed by atoms with Crippen LogP contribution < -0.4 is 15.6 Å². The minimum Gasteiger partial charge on any atom is -0.493 e. The van der Waals surface area contributed by atoms with Crippen LogP contribution in [0.2, 0.25) is 0 Å². The Bertz CT molecular complexity index is 1050. The van der Waals surface area contributed by atoms with Gasteiger partial charge in [-0.3, -0.25) is 9.20 Å². The van der Waals surface area contributed by atoms with E-state index in [2.05, 4.69) is 22.5 Å². The Morgan fingerprint density at radius 2 is 2.20 bits per heavy atom. The van der Waals surface area contributed by atoms with Crippen molar-refractivity contribution >= 4 is 23.2 Å². The number of nitrogens with one attached hydrogen (secondary N) is 1. The Morgan fingerprint density at radius 1 is 1.32 bits per heavy atom. The summed E-state index contributed by atoms with van der Waals surface area (Å²) in [4.78, 5) is 17.3. The van der Waals surface area contributed by atoms with Crippen LogP contribution in [0.3, 0.4) is 0 Å². The quantitative estimate of drug-likeness (QED) is 0.766. The van der Waals surface area contributed by atoms with Gasteiger partial charge in [0.1, 0.15) is 5.82 Å². The van der Waals surface area contributed by atoms with Crippen LogP contribution in [0.5, 0.6) is 5.75 Å². The highest BCUT2D eigenvalue weighted by Gasteiger charge is 2.17. The number of fused-ring (bicyclic) bond motifs is 2. The van der Waals surface area contributed by atoms with Crippen LogP contribution in [0.1, 0.15) is 16.7 Å². The van der Waals surface area contributed by atoms with Crippen LogP contribution in [-0.4, -0.2) is 21.6 Å². The first kappa shape index (κ1) is 15.4. The molecule has 25 heavy (non-hydrogen) atoms. The highest BCUT2D eigenvalue weighted by molar-refractivity contribution is 5.73. The molecular weight excluding hydrogens is 318 g/mol. The topological polar surface area (TPSA) is 75.9 Å². The van der Waals surface area contributed by atoms with Crippen LogP contribution in [0.25, 0.3) is 11.7 Å². The van der Waals surface area contributed by atoms with Crippen molar-refractivity contribution in [1.82, 2.24) is 9.38 Å². The molecule has 0 amide bonds. The van der Waals surface area contributed by atoms with Gasteiger partial charge in [-0.15, -0.1) is 0 Å². The summed E-state index contributed by atoms with van der Waals surface area (Å²) in [6, 6.07) is 9.39. The van der Waals surface area contributed by atoms with Crippen LogP contribution in [0.15, 0.2) is 47.4 Å². The van der Waals surface area contributed by atoms with Gasteiger partial charge in [-0.05, 0) is 35.7 Å². The molecule has 0 aliphatic heterocycles. The fourth-order valence-corrected chi connectivity index (χ4v) is 3.12. The number of methoxy groups -OCH3 is 1. The maximum atomic E-state index is 12.7. The van der Waals surface area contributed by atoms with Gasteiger partial charge in [0.15, 0.2) is 11.4 Å². The third-order valence-corrected chi connectivity index (χ3v) is 4.37. The highest BCUT2D eigenvalue weighted by atomic mass is 16.5. The average Bonchev–Trinajstić information content (AvgIpc) is 3.11. The number of pyridine rings is 1. The number of hydrogen-bond acceptors (Lipinski definition) is 5. The molecule has 6 nitrogen and oxygen atoms in total. The van der Waals surface area contributed by atoms with E-state index in [1.807, 2.05) is 18.2 Å². The number of rotatable bonds is 4. The summed E-state index contributed by atoms with van der Waals surface area (Å²) in [5, 5.41) is 12.9. The smallest absolute Gasteiger partial charge is 0.265 e. The zero-order valence-electron chi connectivity index (χ0n) is 13.7. The molecule has 0 bridgehead atoms. The molecule has 4 rings (SSSR count). The zero-order chi connectivity index (χ0) is 17.4. The fourth-order valence-electron chi connectivity index (χ4n) is 3.12. The van der Waals surface area contributed by atoms with Gasteiger partial charge in [0, 0.05) is 11.9 Å². The van der Waals surface area contributed by atoms with Gasteiger partial charge in [-0.2, -0.15) is 0 Å². The number of allylic oxidation sites excluding steroid dienone is 1. The Hall–Kier alpha value is -3.12. The molecule has 6 heteroatoms. The molecular formula is C19H17N3O3. The second-order valence-corrected chi connectivity index (χ2v) is 5.78. The van der Waals surface area contributed by atoms with Crippen molar-refractivity contribution in [2.24, 2.45) is 0 Å². The third kappa shape index (κ3) is 2.47. The summed E-state index contributed by atoms with van der Waals surface area (Å²) in [5.74, 6) is 0.837. The molecule has 2 N–H and O–H groups in total.